The molecule has 0 radical (unpaired) electrons. The van der Waals surface area contributed by atoms with Crippen LogP contribution in [0.5, 0.6) is 0 Å². The van der Waals surface area contributed by atoms with Gasteiger partial charge in [-0.1, -0.05) is 12.1 Å². The van der Waals surface area contributed by atoms with Gasteiger partial charge in [0.05, 0.1) is 13.0 Å². The van der Waals surface area contributed by atoms with Gasteiger partial charge in [-0.05, 0) is 31.9 Å². The molecule has 1 aliphatic rings. The van der Waals surface area contributed by atoms with Gasteiger partial charge in [-0.2, -0.15) is 10.1 Å². The van der Waals surface area contributed by atoms with Crippen LogP contribution in [0, 0.1) is 6.92 Å². The van der Waals surface area contributed by atoms with Crippen molar-refractivity contribution in [3.63, 3.8) is 0 Å². The number of hydrogen-bond acceptors (Lipinski definition) is 6. The first-order valence-electron chi connectivity index (χ1n) is 8.95. The summed E-state index contributed by atoms with van der Waals surface area (Å²) in [5.74, 6) is 1.50. The zero-order chi connectivity index (χ0) is 17.6. The summed E-state index contributed by atoms with van der Waals surface area (Å²) in [6.07, 6.45) is 5.14. The number of nitrogens with one attached hydrogen (secondary N) is 1. The minimum absolute atomic E-state index is 0.168. The molecule has 2 aromatic heterocycles. The Morgan fingerprint density at radius 3 is 3.00 bits per heavy atom. The van der Waals surface area contributed by atoms with Crippen LogP contribution < -0.4 is 0 Å². The molecule has 1 atom stereocenters. The zero-order valence-corrected chi connectivity index (χ0v) is 14.9. The molecule has 1 saturated heterocycles. The first-order chi connectivity index (χ1) is 12.2. The molecule has 3 heterocycles. The maximum absolute atomic E-state index is 12.5. The number of carbonyl (C=O) groups is 1. The fraction of sp³-hybridized carbons (Fsp3) is 0.647. The lowest BCUT2D eigenvalue weighted by atomic mass is 10.1. The van der Waals surface area contributed by atoms with Gasteiger partial charge in [-0.25, -0.2) is 0 Å². The molecule has 0 unspecified atom stereocenters. The van der Waals surface area contributed by atoms with E-state index in [1.807, 2.05) is 17.9 Å². The van der Waals surface area contributed by atoms with Gasteiger partial charge in [0.2, 0.25) is 11.8 Å². The molecule has 2 aromatic rings. The first-order valence-corrected chi connectivity index (χ1v) is 8.95. The molecule has 3 rings (SSSR count). The lowest BCUT2D eigenvalue weighted by molar-refractivity contribution is -0.130. The van der Waals surface area contributed by atoms with Gasteiger partial charge in [0, 0.05) is 37.9 Å². The van der Waals surface area contributed by atoms with E-state index in [1.54, 1.807) is 6.20 Å². The van der Waals surface area contributed by atoms with E-state index in [0.29, 0.717) is 24.9 Å². The highest BCUT2D eigenvalue weighted by Crippen LogP contribution is 2.19. The Morgan fingerprint density at radius 2 is 2.32 bits per heavy atom. The summed E-state index contributed by atoms with van der Waals surface area (Å²) in [4.78, 5) is 21.2. The Kier molecular flexibility index (Phi) is 5.80. The molecular weight excluding hydrogens is 320 g/mol. The van der Waals surface area contributed by atoms with E-state index >= 15 is 0 Å². The molecule has 1 aliphatic heterocycles. The van der Waals surface area contributed by atoms with Crippen molar-refractivity contribution in [3.8, 4) is 0 Å². The van der Waals surface area contributed by atoms with Gasteiger partial charge in [-0.3, -0.25) is 14.8 Å². The van der Waals surface area contributed by atoms with Crippen molar-refractivity contribution in [2.45, 2.75) is 52.1 Å². The summed E-state index contributed by atoms with van der Waals surface area (Å²) >= 11 is 0. The van der Waals surface area contributed by atoms with Crippen molar-refractivity contribution in [3.05, 3.63) is 29.7 Å². The summed E-state index contributed by atoms with van der Waals surface area (Å²) in [5.41, 5.74) is 0.869. The monoisotopic (exact) mass is 346 g/mol. The molecule has 0 saturated carbocycles. The number of nitrogens with zero attached hydrogens (tertiary/aromatic N) is 5. The average Bonchev–Trinajstić information content (AvgIpc) is 3.18. The third kappa shape index (κ3) is 4.66. The van der Waals surface area contributed by atoms with Crippen molar-refractivity contribution in [2.75, 3.05) is 19.6 Å². The number of aromatic amines is 1. The third-order valence-corrected chi connectivity index (χ3v) is 4.79. The van der Waals surface area contributed by atoms with Crippen molar-refractivity contribution in [1.29, 1.82) is 0 Å². The van der Waals surface area contributed by atoms with Gasteiger partial charge < -0.3 is 9.42 Å². The highest BCUT2D eigenvalue weighted by molar-refractivity contribution is 5.78. The van der Waals surface area contributed by atoms with E-state index in [2.05, 4.69) is 32.2 Å². The van der Waals surface area contributed by atoms with Gasteiger partial charge in [0.25, 0.3) is 0 Å². The fourth-order valence-electron chi connectivity index (χ4n) is 3.44. The second-order valence-electron chi connectivity index (χ2n) is 6.52. The molecule has 0 aromatic carbocycles. The first kappa shape index (κ1) is 17.6. The molecule has 0 aliphatic carbocycles. The summed E-state index contributed by atoms with van der Waals surface area (Å²) in [6.45, 7) is 7.20. The summed E-state index contributed by atoms with van der Waals surface area (Å²) < 4.78 is 5.07. The Balaban J connectivity index is 1.55. The largest absolute Gasteiger partial charge is 0.342 e. The van der Waals surface area contributed by atoms with Crippen LogP contribution in [0.25, 0.3) is 0 Å². The third-order valence-electron chi connectivity index (χ3n) is 4.79. The number of aromatic nitrogens is 4. The molecule has 1 N–H and O–H groups in total. The van der Waals surface area contributed by atoms with E-state index < -0.39 is 0 Å². The average molecular weight is 346 g/mol. The zero-order valence-electron chi connectivity index (χ0n) is 14.9. The number of amides is 1. The van der Waals surface area contributed by atoms with E-state index in [1.165, 1.54) is 0 Å². The second kappa shape index (κ2) is 8.24. The van der Waals surface area contributed by atoms with Crippen LogP contribution in [-0.2, 0) is 17.8 Å². The number of aryl methyl sites for hydroxylation is 1. The lowest BCUT2D eigenvalue weighted by Crippen LogP contribution is -2.37. The molecule has 136 valence electrons. The molecule has 0 spiro atoms. The molecule has 8 heteroatoms. The van der Waals surface area contributed by atoms with E-state index in [4.69, 9.17) is 4.52 Å². The van der Waals surface area contributed by atoms with Gasteiger partial charge in [0.15, 0.2) is 5.82 Å². The lowest BCUT2D eigenvalue weighted by Gasteiger charge is -2.28. The minimum Gasteiger partial charge on any atom is -0.342 e. The van der Waals surface area contributed by atoms with Crippen LogP contribution in [0.4, 0.5) is 0 Å². The van der Waals surface area contributed by atoms with Crippen molar-refractivity contribution in [2.24, 2.45) is 0 Å². The van der Waals surface area contributed by atoms with Crippen molar-refractivity contribution >= 4 is 5.91 Å². The fourth-order valence-corrected chi connectivity index (χ4v) is 3.44. The van der Waals surface area contributed by atoms with Crippen LogP contribution in [0.3, 0.4) is 0 Å². The molecule has 8 nitrogen and oxygen atoms in total. The normalized spacial score (nSPS) is 18.5. The summed E-state index contributed by atoms with van der Waals surface area (Å²) in [5, 5.41) is 10.8. The summed E-state index contributed by atoms with van der Waals surface area (Å²) in [6, 6.07) is 2.29. The van der Waals surface area contributed by atoms with Crippen molar-refractivity contribution in [1.82, 2.24) is 30.1 Å². The Labute approximate surface area is 147 Å². The minimum atomic E-state index is 0.168. The SMILES string of the molecule is CCN(Cc1noc(C)n1)[C@@H]1CCCN(C(=O)Cc2ccn[nH]2)CC1. The highest BCUT2D eigenvalue weighted by atomic mass is 16.5. The van der Waals surface area contributed by atoms with E-state index in [-0.39, 0.29) is 5.91 Å². The standard InChI is InChI=1S/C17H26N6O2/c1-3-22(12-16-19-13(2)25-21-16)15-5-4-9-23(10-7-15)17(24)11-14-6-8-18-20-14/h6,8,15H,3-5,7,9-12H2,1-2H3,(H,18,20)/t15-/m1/s1. The van der Waals surface area contributed by atoms with Gasteiger partial charge in [-0.15, -0.1) is 0 Å². The molecule has 0 bridgehead atoms. The number of likely N-dealkylation sites (tertiary alicyclic amines) is 1. The van der Waals surface area contributed by atoms with Crippen LogP contribution >= 0.6 is 0 Å². The predicted molar refractivity (Wildman–Crippen MR) is 91.6 cm³/mol. The van der Waals surface area contributed by atoms with Crippen LogP contribution in [0.15, 0.2) is 16.8 Å². The number of H-pyrrole nitrogens is 1. The molecular formula is C17H26N6O2. The Hall–Kier alpha value is -2.22. The Bertz CT molecular complexity index is 668. The van der Waals surface area contributed by atoms with Crippen LogP contribution in [-0.4, -0.2) is 61.7 Å². The van der Waals surface area contributed by atoms with Crippen molar-refractivity contribution < 1.29 is 9.32 Å². The van der Waals surface area contributed by atoms with Crippen LogP contribution in [0.1, 0.15) is 43.6 Å². The molecule has 1 fully saturated rings. The molecule has 25 heavy (non-hydrogen) atoms. The topological polar surface area (TPSA) is 91.2 Å². The van der Waals surface area contributed by atoms with Gasteiger partial charge in [0.1, 0.15) is 0 Å². The molecule has 1 amide bonds. The highest BCUT2D eigenvalue weighted by Gasteiger charge is 2.25. The second-order valence-corrected chi connectivity index (χ2v) is 6.52. The predicted octanol–water partition coefficient (Wildman–Crippen LogP) is 1.55. The van der Waals surface area contributed by atoms with Crippen LogP contribution in [0.2, 0.25) is 0 Å². The van der Waals surface area contributed by atoms with E-state index in [0.717, 1.165) is 50.4 Å². The number of carbonyl (C=O) groups excluding carboxylic acids is 1. The number of rotatable bonds is 6. The number of hydrogen-bond donors (Lipinski definition) is 1. The summed E-state index contributed by atoms with van der Waals surface area (Å²) in [7, 11) is 0. The maximum atomic E-state index is 12.5. The maximum Gasteiger partial charge on any atom is 0.228 e. The Morgan fingerprint density at radius 1 is 1.44 bits per heavy atom. The smallest absolute Gasteiger partial charge is 0.228 e. The van der Waals surface area contributed by atoms with Gasteiger partial charge >= 0.3 is 0 Å². The quantitative estimate of drug-likeness (QED) is 0.853. The van der Waals surface area contributed by atoms with E-state index in [9.17, 15) is 4.79 Å².